The molecule has 144 valence electrons. The third-order valence-electron chi connectivity index (χ3n) is 4.74. The molecule has 0 unspecified atom stereocenters. The van der Waals surface area contributed by atoms with E-state index in [1.165, 1.54) is 22.2 Å². The summed E-state index contributed by atoms with van der Waals surface area (Å²) in [5, 5.41) is 2.34. The minimum atomic E-state index is -0.244. The summed E-state index contributed by atoms with van der Waals surface area (Å²) in [6.45, 7) is 1.82. The summed E-state index contributed by atoms with van der Waals surface area (Å²) in [6, 6.07) is 8.95. The molecule has 1 aliphatic rings. The van der Waals surface area contributed by atoms with Crippen LogP contribution >= 0.6 is 27.3 Å². The molecule has 28 heavy (non-hydrogen) atoms. The van der Waals surface area contributed by atoms with Crippen molar-refractivity contribution in [1.82, 2.24) is 19.4 Å². The molecule has 2 amide bonds. The first-order valence-electron chi connectivity index (χ1n) is 8.78. The van der Waals surface area contributed by atoms with Gasteiger partial charge in [0, 0.05) is 30.7 Å². The van der Waals surface area contributed by atoms with E-state index in [0.29, 0.717) is 42.0 Å². The van der Waals surface area contributed by atoms with Gasteiger partial charge in [0.05, 0.1) is 22.1 Å². The van der Waals surface area contributed by atoms with Gasteiger partial charge in [-0.05, 0) is 29.6 Å². The number of hydrogen-bond acceptors (Lipinski definition) is 5. The van der Waals surface area contributed by atoms with Gasteiger partial charge in [-0.25, -0.2) is 4.98 Å². The standard InChI is InChI=1S/C19H17BrN4O3S/c20-13-3-4-15-14(10-13)18(26)24(12-21-15)11-17(25)22-5-7-23(8-6-22)19(27)16-2-1-9-28-16/h1-4,9-10,12H,5-8,11H2. The number of hydrogen-bond donors (Lipinski definition) is 0. The van der Waals surface area contributed by atoms with E-state index in [1.54, 1.807) is 21.9 Å². The van der Waals surface area contributed by atoms with E-state index in [2.05, 4.69) is 20.9 Å². The highest BCUT2D eigenvalue weighted by Gasteiger charge is 2.25. The Morgan fingerprint density at radius 2 is 1.86 bits per heavy atom. The van der Waals surface area contributed by atoms with E-state index >= 15 is 0 Å². The molecule has 0 aliphatic carbocycles. The normalized spacial score (nSPS) is 14.5. The second-order valence-electron chi connectivity index (χ2n) is 6.49. The number of fused-ring (bicyclic) bond motifs is 1. The van der Waals surface area contributed by atoms with Crippen LogP contribution in [-0.2, 0) is 11.3 Å². The molecule has 1 fully saturated rings. The molecular formula is C19H17BrN4O3S. The summed E-state index contributed by atoms with van der Waals surface area (Å²) in [7, 11) is 0. The Balaban J connectivity index is 1.42. The van der Waals surface area contributed by atoms with Crippen LogP contribution in [0.1, 0.15) is 9.67 Å². The van der Waals surface area contributed by atoms with Crippen LogP contribution < -0.4 is 5.56 Å². The second-order valence-corrected chi connectivity index (χ2v) is 8.35. The zero-order valence-electron chi connectivity index (χ0n) is 14.9. The number of amides is 2. The van der Waals surface area contributed by atoms with Crippen LogP contribution in [-0.4, -0.2) is 57.3 Å². The first-order valence-corrected chi connectivity index (χ1v) is 10.5. The van der Waals surface area contributed by atoms with Gasteiger partial charge in [-0.15, -0.1) is 11.3 Å². The Kier molecular flexibility index (Phi) is 5.27. The molecule has 0 N–H and O–H groups in total. The summed E-state index contributed by atoms with van der Waals surface area (Å²) in [5.74, 6) is -0.149. The Bertz CT molecular complexity index is 1090. The lowest BCUT2D eigenvalue weighted by molar-refractivity contribution is -0.133. The van der Waals surface area contributed by atoms with Gasteiger partial charge in [-0.1, -0.05) is 22.0 Å². The van der Waals surface area contributed by atoms with E-state index in [4.69, 9.17) is 0 Å². The predicted molar refractivity (Wildman–Crippen MR) is 111 cm³/mol. The maximum absolute atomic E-state index is 12.7. The summed E-state index contributed by atoms with van der Waals surface area (Å²) >= 11 is 4.77. The molecular weight excluding hydrogens is 444 g/mol. The molecule has 2 aromatic heterocycles. The summed E-state index contributed by atoms with van der Waals surface area (Å²) < 4.78 is 2.12. The highest BCUT2D eigenvalue weighted by Crippen LogP contribution is 2.16. The minimum Gasteiger partial charge on any atom is -0.338 e. The van der Waals surface area contributed by atoms with Crippen molar-refractivity contribution in [3.8, 4) is 0 Å². The van der Waals surface area contributed by atoms with Gasteiger partial charge in [0.1, 0.15) is 6.54 Å². The number of halogens is 1. The molecule has 3 heterocycles. The molecule has 4 rings (SSSR count). The Morgan fingerprint density at radius 1 is 1.11 bits per heavy atom. The van der Waals surface area contributed by atoms with Gasteiger partial charge in [0.2, 0.25) is 5.91 Å². The van der Waals surface area contributed by atoms with Gasteiger partial charge >= 0.3 is 0 Å². The molecule has 1 saturated heterocycles. The summed E-state index contributed by atoms with van der Waals surface area (Å²) in [4.78, 5) is 46.1. The number of carbonyl (C=O) groups is 2. The maximum Gasteiger partial charge on any atom is 0.264 e. The van der Waals surface area contributed by atoms with Crippen LogP contribution in [0.3, 0.4) is 0 Å². The van der Waals surface area contributed by atoms with E-state index in [9.17, 15) is 14.4 Å². The molecule has 1 aromatic carbocycles. The molecule has 3 aromatic rings. The van der Waals surface area contributed by atoms with Crippen molar-refractivity contribution in [3.63, 3.8) is 0 Å². The third kappa shape index (κ3) is 3.72. The van der Waals surface area contributed by atoms with Gasteiger partial charge < -0.3 is 9.80 Å². The van der Waals surface area contributed by atoms with E-state index < -0.39 is 0 Å². The molecule has 0 spiro atoms. The van der Waals surface area contributed by atoms with Crippen LogP contribution in [0.15, 0.2) is 51.3 Å². The van der Waals surface area contributed by atoms with Gasteiger partial charge in [0.25, 0.3) is 11.5 Å². The smallest absolute Gasteiger partial charge is 0.264 e. The fraction of sp³-hybridized carbons (Fsp3) is 0.263. The van der Waals surface area contributed by atoms with Crippen LogP contribution in [0.2, 0.25) is 0 Å². The largest absolute Gasteiger partial charge is 0.338 e. The zero-order chi connectivity index (χ0) is 19.7. The lowest BCUT2D eigenvalue weighted by Crippen LogP contribution is -2.51. The number of aromatic nitrogens is 2. The first-order chi connectivity index (χ1) is 13.5. The molecule has 9 heteroatoms. The van der Waals surface area contributed by atoms with E-state index in [1.807, 2.05) is 23.6 Å². The van der Waals surface area contributed by atoms with E-state index in [0.717, 1.165) is 4.47 Å². The quantitative estimate of drug-likeness (QED) is 0.600. The SMILES string of the molecule is O=C(Cn1cnc2ccc(Br)cc2c1=O)N1CCN(C(=O)c2cccs2)CC1. The number of thiophene rings is 1. The molecule has 7 nitrogen and oxygen atoms in total. The van der Waals surface area contributed by atoms with Crippen LogP contribution in [0, 0.1) is 0 Å². The zero-order valence-corrected chi connectivity index (χ0v) is 17.3. The predicted octanol–water partition coefficient (Wildman–Crippen LogP) is 2.21. The van der Waals surface area contributed by atoms with Gasteiger partial charge in [-0.3, -0.25) is 19.0 Å². The average molecular weight is 461 g/mol. The number of piperazine rings is 1. The molecule has 0 atom stereocenters. The Labute approximate surface area is 173 Å². The van der Waals surface area contributed by atoms with Crippen LogP contribution in [0.5, 0.6) is 0 Å². The van der Waals surface area contributed by atoms with Crippen molar-refractivity contribution in [2.45, 2.75) is 6.54 Å². The molecule has 1 aliphatic heterocycles. The lowest BCUT2D eigenvalue weighted by atomic mass is 10.2. The Hall–Kier alpha value is -2.52. The number of nitrogens with zero attached hydrogens (tertiary/aromatic N) is 4. The van der Waals surface area contributed by atoms with E-state index in [-0.39, 0.29) is 23.9 Å². The highest BCUT2D eigenvalue weighted by molar-refractivity contribution is 9.10. The second kappa shape index (κ2) is 7.84. The van der Waals surface area contributed by atoms with Crippen molar-refractivity contribution >= 4 is 50.0 Å². The lowest BCUT2D eigenvalue weighted by Gasteiger charge is -2.34. The van der Waals surface area contributed by atoms with Crippen molar-refractivity contribution in [3.05, 3.63) is 61.7 Å². The van der Waals surface area contributed by atoms with Gasteiger partial charge in [-0.2, -0.15) is 0 Å². The minimum absolute atomic E-state index is 0.00243. The maximum atomic E-state index is 12.7. The fourth-order valence-electron chi connectivity index (χ4n) is 3.20. The first kappa shape index (κ1) is 18.8. The summed E-state index contributed by atoms with van der Waals surface area (Å²) in [5.41, 5.74) is 0.351. The van der Waals surface area contributed by atoms with Crippen LogP contribution in [0.4, 0.5) is 0 Å². The van der Waals surface area contributed by atoms with Gasteiger partial charge in [0.15, 0.2) is 0 Å². The molecule has 0 bridgehead atoms. The monoisotopic (exact) mass is 460 g/mol. The van der Waals surface area contributed by atoms with Crippen molar-refractivity contribution in [2.24, 2.45) is 0 Å². The molecule has 0 radical (unpaired) electrons. The van der Waals surface area contributed by atoms with Crippen molar-refractivity contribution in [1.29, 1.82) is 0 Å². The number of rotatable bonds is 3. The average Bonchev–Trinajstić information content (AvgIpc) is 3.25. The third-order valence-corrected chi connectivity index (χ3v) is 6.09. The van der Waals surface area contributed by atoms with Crippen LogP contribution in [0.25, 0.3) is 10.9 Å². The topological polar surface area (TPSA) is 75.5 Å². The molecule has 0 saturated carbocycles. The highest BCUT2D eigenvalue weighted by atomic mass is 79.9. The fourth-order valence-corrected chi connectivity index (χ4v) is 4.26. The summed E-state index contributed by atoms with van der Waals surface area (Å²) in [6.07, 6.45) is 1.41. The Morgan fingerprint density at radius 3 is 2.57 bits per heavy atom. The number of carbonyl (C=O) groups excluding carboxylic acids is 2. The van der Waals surface area contributed by atoms with Crippen molar-refractivity contribution < 1.29 is 9.59 Å². The van der Waals surface area contributed by atoms with Crippen molar-refractivity contribution in [2.75, 3.05) is 26.2 Å². The number of benzene rings is 1.